The molecule has 0 bridgehead atoms. The van der Waals surface area contributed by atoms with E-state index in [1.165, 1.54) is 25.3 Å². The first kappa shape index (κ1) is 35.5. The van der Waals surface area contributed by atoms with Crippen LogP contribution in [-0.2, 0) is 42.1 Å². The van der Waals surface area contributed by atoms with Gasteiger partial charge in [0.15, 0.2) is 0 Å². The molecule has 4 rings (SSSR count). The number of hydrogen-bond acceptors (Lipinski definition) is 8. The highest BCUT2D eigenvalue weighted by Crippen LogP contribution is 2.40. The lowest BCUT2D eigenvalue weighted by Crippen LogP contribution is -2.58. The van der Waals surface area contributed by atoms with E-state index in [2.05, 4.69) is 5.32 Å². The van der Waals surface area contributed by atoms with Crippen molar-refractivity contribution < 1.29 is 37.0 Å². The molecule has 0 aromatic heterocycles. The van der Waals surface area contributed by atoms with Gasteiger partial charge in [-0.15, -0.1) is 0 Å². The molecule has 1 aliphatic rings. The van der Waals surface area contributed by atoms with Gasteiger partial charge in [0, 0.05) is 29.6 Å². The topological polar surface area (TPSA) is 120 Å². The Morgan fingerprint density at radius 3 is 2.11 bits per heavy atom. The maximum absolute atomic E-state index is 13.8. The van der Waals surface area contributed by atoms with Gasteiger partial charge < -0.3 is 24.3 Å². The van der Waals surface area contributed by atoms with Gasteiger partial charge in [0.2, 0.25) is 15.9 Å². The summed E-state index contributed by atoms with van der Waals surface area (Å²) in [4.78, 5) is 26.5. The first-order valence-electron chi connectivity index (χ1n) is 14.7. The number of nitrogens with one attached hydrogen (secondary N) is 1. The molecule has 1 aliphatic heterocycles. The van der Waals surface area contributed by atoms with Crippen molar-refractivity contribution in [2.45, 2.75) is 56.2 Å². The van der Waals surface area contributed by atoms with Crippen molar-refractivity contribution in [1.29, 1.82) is 0 Å². The van der Waals surface area contributed by atoms with Crippen molar-refractivity contribution in [3.8, 4) is 22.6 Å². The van der Waals surface area contributed by atoms with Gasteiger partial charge in [-0.05, 0) is 73.7 Å². The molecule has 46 heavy (non-hydrogen) atoms. The van der Waals surface area contributed by atoms with E-state index in [4.69, 9.17) is 42.1 Å². The van der Waals surface area contributed by atoms with Crippen LogP contribution >= 0.6 is 23.2 Å². The fourth-order valence-electron chi connectivity index (χ4n) is 5.60. The number of esters is 1. The van der Waals surface area contributed by atoms with Gasteiger partial charge in [0.1, 0.15) is 23.1 Å². The molecule has 248 valence electrons. The monoisotopic (exact) mass is 692 g/mol. The van der Waals surface area contributed by atoms with Crippen LogP contribution in [-0.4, -0.2) is 70.7 Å². The number of hydrogen-bond donors (Lipinski definition) is 1. The lowest BCUT2D eigenvalue weighted by Gasteiger charge is -2.34. The summed E-state index contributed by atoms with van der Waals surface area (Å²) in [6, 6.07) is 14.2. The van der Waals surface area contributed by atoms with E-state index < -0.39 is 33.5 Å². The molecule has 0 unspecified atom stereocenters. The largest absolute Gasteiger partial charge is 0.496 e. The molecule has 1 fully saturated rings. The first-order valence-corrected chi connectivity index (χ1v) is 16.9. The molecule has 2 atom stereocenters. The molecule has 1 heterocycles. The molecule has 0 radical (unpaired) electrons. The smallest absolute Gasteiger partial charge is 0.328 e. The summed E-state index contributed by atoms with van der Waals surface area (Å²) in [6.07, 6.45) is 0.802. The third kappa shape index (κ3) is 7.61. The number of sulfonamides is 1. The minimum Gasteiger partial charge on any atom is -0.496 e. The fourth-order valence-corrected chi connectivity index (χ4v) is 8.14. The second-order valence-corrected chi connectivity index (χ2v) is 13.8. The molecule has 1 saturated heterocycles. The van der Waals surface area contributed by atoms with Crippen molar-refractivity contribution in [2.75, 3.05) is 34.5 Å². The Labute approximate surface area is 279 Å². The number of nitrogens with zero attached hydrogens (tertiary/aromatic N) is 1. The van der Waals surface area contributed by atoms with Crippen LogP contribution in [0.15, 0.2) is 59.5 Å². The molecule has 0 aliphatic carbocycles. The Bertz CT molecular complexity index is 1640. The molecule has 0 saturated carbocycles. The molecular weight excluding hydrogens is 655 g/mol. The molecule has 10 nitrogen and oxygen atoms in total. The van der Waals surface area contributed by atoms with Crippen LogP contribution in [0.25, 0.3) is 11.1 Å². The van der Waals surface area contributed by atoms with Crippen molar-refractivity contribution in [1.82, 2.24) is 9.62 Å². The summed E-state index contributed by atoms with van der Waals surface area (Å²) < 4.78 is 50.3. The predicted octanol–water partition coefficient (Wildman–Crippen LogP) is 5.66. The highest BCUT2D eigenvalue weighted by molar-refractivity contribution is 7.89. The van der Waals surface area contributed by atoms with E-state index in [0.717, 1.165) is 26.6 Å². The molecule has 1 N–H and O–H groups in total. The van der Waals surface area contributed by atoms with E-state index in [1.807, 2.05) is 43.3 Å². The van der Waals surface area contributed by atoms with Crippen molar-refractivity contribution in [2.24, 2.45) is 0 Å². The lowest BCUT2D eigenvalue weighted by molar-refractivity contribution is -0.146. The minimum absolute atomic E-state index is 0.104. The van der Waals surface area contributed by atoms with Crippen LogP contribution < -0.4 is 14.8 Å². The van der Waals surface area contributed by atoms with Gasteiger partial charge in [-0.3, -0.25) is 4.79 Å². The Balaban J connectivity index is 1.57. The summed E-state index contributed by atoms with van der Waals surface area (Å²) in [7, 11) is 0.255. The minimum atomic E-state index is -4.15. The van der Waals surface area contributed by atoms with Crippen LogP contribution in [0.4, 0.5) is 0 Å². The average Bonchev–Trinajstić information content (AvgIpc) is 3.46. The highest BCUT2D eigenvalue weighted by atomic mass is 35.5. The second-order valence-electron chi connectivity index (χ2n) is 11.0. The van der Waals surface area contributed by atoms with Crippen LogP contribution in [0.2, 0.25) is 10.0 Å². The van der Waals surface area contributed by atoms with Crippen LogP contribution in [0.3, 0.4) is 0 Å². The zero-order chi connectivity index (χ0) is 33.6. The SMILES string of the molecule is CCOCc1cc(OC)c(-c2ccc(C[C@H](NC(=O)[C@]3(C)CCCN3S(=O)(=O)c3cc(Cl)cc(Cl)c3)C(=O)OC)cc2)c(OC)c1. The van der Waals surface area contributed by atoms with Gasteiger partial charge in [0.25, 0.3) is 0 Å². The zero-order valence-electron chi connectivity index (χ0n) is 26.4. The first-order chi connectivity index (χ1) is 21.9. The number of amides is 1. The molecule has 13 heteroatoms. The standard InChI is InChI=1S/C33H38Cl2N2O8S/c1-6-45-20-22-15-28(42-3)30(29(16-22)43-4)23-10-8-21(9-11-23)14-27(31(38)44-5)36-32(39)33(2)12-7-13-37(33)46(40,41)26-18-24(34)17-25(35)19-26/h8-11,15-19,27H,6-7,12-14,20H2,1-5H3,(H,36,39)/t27-,33-/m0/s1. The molecular formula is C33H38Cl2N2O8S. The third-order valence-corrected chi connectivity index (χ3v) is 10.4. The van der Waals surface area contributed by atoms with Gasteiger partial charge in [-0.1, -0.05) is 47.5 Å². The number of rotatable bonds is 13. The van der Waals surface area contributed by atoms with Gasteiger partial charge in [-0.25, -0.2) is 13.2 Å². The van der Waals surface area contributed by atoms with Crippen LogP contribution in [0.5, 0.6) is 11.5 Å². The number of ether oxygens (including phenoxy) is 4. The maximum atomic E-state index is 13.8. The zero-order valence-corrected chi connectivity index (χ0v) is 28.7. The summed E-state index contributed by atoms with van der Waals surface area (Å²) in [5, 5.41) is 3.07. The lowest BCUT2D eigenvalue weighted by atomic mass is 9.96. The Kier molecular flexibility index (Phi) is 11.6. The highest BCUT2D eigenvalue weighted by Gasteiger charge is 2.50. The maximum Gasteiger partial charge on any atom is 0.328 e. The third-order valence-electron chi connectivity index (χ3n) is 8.00. The van der Waals surface area contributed by atoms with E-state index in [-0.39, 0.29) is 34.3 Å². The quantitative estimate of drug-likeness (QED) is 0.228. The van der Waals surface area contributed by atoms with Gasteiger partial charge in [0.05, 0.1) is 38.4 Å². The van der Waals surface area contributed by atoms with Gasteiger partial charge >= 0.3 is 5.97 Å². The van der Waals surface area contributed by atoms with Crippen molar-refractivity contribution in [3.05, 3.63) is 75.8 Å². The van der Waals surface area contributed by atoms with E-state index >= 15 is 0 Å². The number of carbonyl (C=O) groups excluding carboxylic acids is 2. The summed E-state index contributed by atoms with van der Waals surface area (Å²) in [5.41, 5.74) is 1.75. The summed E-state index contributed by atoms with van der Waals surface area (Å²) in [6.45, 7) is 4.58. The second kappa shape index (κ2) is 15.0. The number of carbonyl (C=O) groups is 2. The van der Waals surface area contributed by atoms with Gasteiger partial charge in [-0.2, -0.15) is 4.31 Å². The van der Waals surface area contributed by atoms with Crippen LogP contribution in [0.1, 0.15) is 37.8 Å². The molecule has 3 aromatic carbocycles. The van der Waals surface area contributed by atoms with E-state index in [9.17, 15) is 18.0 Å². The van der Waals surface area contributed by atoms with E-state index in [0.29, 0.717) is 31.1 Å². The molecule has 3 aromatic rings. The number of methoxy groups -OCH3 is 3. The number of benzene rings is 3. The predicted molar refractivity (Wildman–Crippen MR) is 176 cm³/mol. The van der Waals surface area contributed by atoms with Crippen molar-refractivity contribution in [3.63, 3.8) is 0 Å². The summed E-state index contributed by atoms with van der Waals surface area (Å²) in [5.74, 6) is -0.0460. The number of halogens is 2. The Hall–Kier alpha value is -3.35. The summed E-state index contributed by atoms with van der Waals surface area (Å²) >= 11 is 12.2. The average molecular weight is 694 g/mol. The van der Waals surface area contributed by atoms with Crippen LogP contribution in [0, 0.1) is 0 Å². The Morgan fingerprint density at radius 1 is 0.957 bits per heavy atom. The van der Waals surface area contributed by atoms with E-state index in [1.54, 1.807) is 21.1 Å². The normalized spacial score (nSPS) is 17.4. The fraction of sp³-hybridized carbons (Fsp3) is 0.394. The molecule has 0 spiro atoms. The molecule has 1 amide bonds. The van der Waals surface area contributed by atoms with Crippen molar-refractivity contribution >= 4 is 45.1 Å². The Morgan fingerprint density at radius 2 is 1.57 bits per heavy atom.